The van der Waals surface area contributed by atoms with Gasteiger partial charge in [0.25, 0.3) is 0 Å². The molecule has 1 amide bonds. The SMILES string of the molecule is NC(=O)c1cncc(-c2ccccc2CN2CCC(=O)CC2)c1. The van der Waals surface area contributed by atoms with Gasteiger partial charge >= 0.3 is 0 Å². The van der Waals surface area contributed by atoms with Crippen molar-refractivity contribution in [3.05, 3.63) is 53.9 Å². The maximum atomic E-state index is 11.4. The minimum Gasteiger partial charge on any atom is -0.366 e. The number of carbonyl (C=O) groups excluding carboxylic acids is 2. The van der Waals surface area contributed by atoms with Gasteiger partial charge in [-0.25, -0.2) is 0 Å². The maximum Gasteiger partial charge on any atom is 0.250 e. The molecule has 1 aliphatic heterocycles. The van der Waals surface area contributed by atoms with Crippen molar-refractivity contribution in [3.63, 3.8) is 0 Å². The lowest BCUT2D eigenvalue weighted by Gasteiger charge is -2.26. The van der Waals surface area contributed by atoms with Crippen molar-refractivity contribution in [2.45, 2.75) is 19.4 Å². The molecular weight excluding hydrogens is 290 g/mol. The number of likely N-dealkylation sites (tertiary alicyclic amines) is 1. The third-order valence-electron chi connectivity index (χ3n) is 4.16. The zero-order valence-electron chi connectivity index (χ0n) is 12.9. The molecular formula is C18H19N3O2. The molecule has 1 aliphatic rings. The molecule has 118 valence electrons. The van der Waals surface area contributed by atoms with Crippen LogP contribution < -0.4 is 5.73 Å². The van der Waals surface area contributed by atoms with Crippen LogP contribution in [0.5, 0.6) is 0 Å². The standard InChI is InChI=1S/C18H19N3O2/c19-18(23)15-9-14(10-20-11-15)17-4-2-1-3-13(17)12-21-7-5-16(22)6-8-21/h1-4,9-11H,5-8,12H2,(H2,19,23). The highest BCUT2D eigenvalue weighted by molar-refractivity contribution is 5.93. The topological polar surface area (TPSA) is 76.3 Å². The number of aromatic nitrogens is 1. The van der Waals surface area contributed by atoms with E-state index in [9.17, 15) is 9.59 Å². The number of Topliss-reactive ketones (excluding diaryl/α,β-unsaturated/α-hetero) is 1. The Morgan fingerprint density at radius 1 is 1.17 bits per heavy atom. The Morgan fingerprint density at radius 2 is 1.91 bits per heavy atom. The minimum atomic E-state index is -0.480. The molecule has 2 aromatic rings. The molecule has 0 saturated carbocycles. The predicted octanol–water partition coefficient (Wildman–Crippen LogP) is 2.01. The van der Waals surface area contributed by atoms with Crippen LogP contribution in [-0.4, -0.2) is 34.7 Å². The second-order valence-corrected chi connectivity index (χ2v) is 5.80. The number of carbonyl (C=O) groups is 2. The van der Waals surface area contributed by atoms with Crippen LogP contribution >= 0.6 is 0 Å². The molecule has 5 nitrogen and oxygen atoms in total. The van der Waals surface area contributed by atoms with Crippen molar-refractivity contribution < 1.29 is 9.59 Å². The lowest BCUT2D eigenvalue weighted by molar-refractivity contribution is -0.121. The average molecular weight is 309 g/mol. The van der Waals surface area contributed by atoms with E-state index in [1.807, 2.05) is 18.2 Å². The van der Waals surface area contributed by atoms with Crippen LogP contribution in [0.15, 0.2) is 42.7 Å². The van der Waals surface area contributed by atoms with Crippen molar-refractivity contribution in [1.82, 2.24) is 9.88 Å². The summed E-state index contributed by atoms with van der Waals surface area (Å²) in [5, 5.41) is 0. The first-order valence-electron chi connectivity index (χ1n) is 7.70. The summed E-state index contributed by atoms with van der Waals surface area (Å²) in [5.74, 6) is -0.140. The van der Waals surface area contributed by atoms with Gasteiger partial charge in [0.15, 0.2) is 0 Å². The van der Waals surface area contributed by atoms with Crippen LogP contribution in [0.4, 0.5) is 0 Å². The summed E-state index contributed by atoms with van der Waals surface area (Å²) in [6.45, 7) is 2.38. The molecule has 1 aromatic heterocycles. The van der Waals surface area contributed by atoms with Gasteiger partial charge in [0.2, 0.25) is 5.91 Å². The van der Waals surface area contributed by atoms with Crippen LogP contribution in [0.2, 0.25) is 0 Å². The Kier molecular flexibility index (Phi) is 4.48. The Balaban J connectivity index is 1.87. The lowest BCUT2D eigenvalue weighted by atomic mass is 9.98. The lowest BCUT2D eigenvalue weighted by Crippen LogP contribution is -2.33. The van der Waals surface area contributed by atoms with Gasteiger partial charge in [-0.1, -0.05) is 24.3 Å². The fourth-order valence-corrected chi connectivity index (χ4v) is 2.86. The normalized spacial score (nSPS) is 15.6. The molecule has 2 heterocycles. The van der Waals surface area contributed by atoms with Gasteiger partial charge in [-0.05, 0) is 17.2 Å². The van der Waals surface area contributed by atoms with Crippen LogP contribution in [0, 0.1) is 0 Å². The van der Waals surface area contributed by atoms with Crippen molar-refractivity contribution in [1.29, 1.82) is 0 Å². The van der Waals surface area contributed by atoms with E-state index in [1.54, 1.807) is 12.3 Å². The third kappa shape index (κ3) is 3.63. The molecule has 0 atom stereocenters. The quantitative estimate of drug-likeness (QED) is 0.937. The number of amides is 1. The second kappa shape index (κ2) is 6.71. The highest BCUT2D eigenvalue weighted by Gasteiger charge is 2.17. The summed E-state index contributed by atoms with van der Waals surface area (Å²) in [6.07, 6.45) is 4.47. The number of pyridine rings is 1. The summed E-state index contributed by atoms with van der Waals surface area (Å²) < 4.78 is 0. The molecule has 2 N–H and O–H groups in total. The monoisotopic (exact) mass is 309 g/mol. The van der Waals surface area contributed by atoms with Gasteiger partial charge in [-0.2, -0.15) is 0 Å². The number of benzene rings is 1. The zero-order chi connectivity index (χ0) is 16.2. The number of piperidine rings is 1. The molecule has 0 radical (unpaired) electrons. The van der Waals surface area contributed by atoms with Gasteiger partial charge in [0.05, 0.1) is 5.56 Å². The van der Waals surface area contributed by atoms with Gasteiger partial charge < -0.3 is 5.73 Å². The van der Waals surface area contributed by atoms with Gasteiger partial charge in [0, 0.05) is 50.4 Å². The summed E-state index contributed by atoms with van der Waals surface area (Å²) in [6, 6.07) is 9.83. The number of nitrogens with zero attached hydrogens (tertiary/aromatic N) is 2. The van der Waals surface area contributed by atoms with E-state index in [4.69, 9.17) is 5.73 Å². The maximum absolute atomic E-state index is 11.4. The highest BCUT2D eigenvalue weighted by atomic mass is 16.1. The van der Waals surface area contributed by atoms with Crippen molar-refractivity contribution in [2.75, 3.05) is 13.1 Å². The van der Waals surface area contributed by atoms with Crippen molar-refractivity contribution in [3.8, 4) is 11.1 Å². The van der Waals surface area contributed by atoms with E-state index < -0.39 is 5.91 Å². The van der Waals surface area contributed by atoms with E-state index in [0.29, 0.717) is 24.2 Å². The molecule has 1 aromatic carbocycles. The molecule has 5 heteroatoms. The molecule has 0 bridgehead atoms. The largest absolute Gasteiger partial charge is 0.366 e. The Labute approximate surface area is 135 Å². The molecule has 23 heavy (non-hydrogen) atoms. The summed E-state index contributed by atoms with van der Waals surface area (Å²) in [7, 11) is 0. The smallest absolute Gasteiger partial charge is 0.250 e. The van der Waals surface area contributed by atoms with Gasteiger partial charge in [-0.3, -0.25) is 19.5 Å². The Morgan fingerprint density at radius 3 is 2.65 bits per heavy atom. The van der Waals surface area contributed by atoms with Crippen LogP contribution in [0.1, 0.15) is 28.8 Å². The number of hydrogen-bond acceptors (Lipinski definition) is 4. The number of primary amides is 1. The molecule has 0 unspecified atom stereocenters. The molecule has 1 saturated heterocycles. The van der Waals surface area contributed by atoms with Crippen molar-refractivity contribution in [2.24, 2.45) is 5.73 Å². The first kappa shape index (κ1) is 15.4. The first-order valence-corrected chi connectivity index (χ1v) is 7.70. The first-order chi connectivity index (χ1) is 11.1. The second-order valence-electron chi connectivity index (χ2n) is 5.80. The zero-order valence-corrected chi connectivity index (χ0v) is 12.9. The molecule has 1 fully saturated rings. The summed E-state index contributed by atoms with van der Waals surface area (Å²) in [4.78, 5) is 29.1. The molecule has 3 rings (SSSR count). The van der Waals surface area contributed by atoms with E-state index >= 15 is 0 Å². The third-order valence-corrected chi connectivity index (χ3v) is 4.16. The Bertz CT molecular complexity index is 733. The van der Waals surface area contributed by atoms with E-state index in [-0.39, 0.29) is 0 Å². The number of ketones is 1. The highest BCUT2D eigenvalue weighted by Crippen LogP contribution is 2.25. The van der Waals surface area contributed by atoms with Gasteiger partial charge in [-0.15, -0.1) is 0 Å². The summed E-state index contributed by atoms with van der Waals surface area (Å²) >= 11 is 0. The average Bonchev–Trinajstić information content (AvgIpc) is 2.57. The summed E-state index contributed by atoms with van der Waals surface area (Å²) in [5.41, 5.74) is 8.82. The molecule has 0 spiro atoms. The fourth-order valence-electron chi connectivity index (χ4n) is 2.86. The van der Waals surface area contributed by atoms with E-state index in [1.165, 1.54) is 6.20 Å². The molecule has 0 aliphatic carbocycles. The minimum absolute atomic E-state index is 0.341. The number of hydrogen-bond donors (Lipinski definition) is 1. The van der Waals surface area contributed by atoms with Crippen LogP contribution in [0.25, 0.3) is 11.1 Å². The van der Waals surface area contributed by atoms with Crippen LogP contribution in [0.3, 0.4) is 0 Å². The van der Waals surface area contributed by atoms with E-state index in [2.05, 4.69) is 16.0 Å². The van der Waals surface area contributed by atoms with Gasteiger partial charge in [0.1, 0.15) is 5.78 Å². The predicted molar refractivity (Wildman–Crippen MR) is 87.7 cm³/mol. The fraction of sp³-hybridized carbons (Fsp3) is 0.278. The Hall–Kier alpha value is -2.53. The number of rotatable bonds is 4. The van der Waals surface area contributed by atoms with E-state index in [0.717, 1.165) is 36.3 Å². The van der Waals surface area contributed by atoms with Crippen LogP contribution in [-0.2, 0) is 11.3 Å². The van der Waals surface area contributed by atoms with Crippen molar-refractivity contribution >= 4 is 11.7 Å². The number of nitrogens with two attached hydrogens (primary N) is 1.